The van der Waals surface area contributed by atoms with Gasteiger partial charge in [0.1, 0.15) is 10.7 Å². The number of imidazole rings is 1. The highest BCUT2D eigenvalue weighted by Gasteiger charge is 2.25. The zero-order valence-electron chi connectivity index (χ0n) is 15.5. The summed E-state index contributed by atoms with van der Waals surface area (Å²) in [5.74, 6) is 1.10. The molecular weight excluding hydrogens is 348 g/mol. The fourth-order valence-electron chi connectivity index (χ4n) is 3.61. The van der Waals surface area contributed by atoms with Gasteiger partial charge in [-0.05, 0) is 26.3 Å². The van der Waals surface area contributed by atoms with E-state index in [2.05, 4.69) is 26.6 Å². The summed E-state index contributed by atoms with van der Waals surface area (Å²) in [5, 5.41) is 5.28. The van der Waals surface area contributed by atoms with Crippen LogP contribution in [0.2, 0.25) is 0 Å². The maximum absolute atomic E-state index is 12.9. The largest absolute Gasteiger partial charge is 0.336 e. The van der Waals surface area contributed by atoms with E-state index in [9.17, 15) is 4.79 Å². The third kappa shape index (κ3) is 2.74. The maximum Gasteiger partial charge on any atom is 0.265 e. The van der Waals surface area contributed by atoms with Gasteiger partial charge in [-0.15, -0.1) is 11.3 Å². The van der Waals surface area contributed by atoms with Crippen LogP contribution >= 0.6 is 11.3 Å². The molecule has 0 bridgehead atoms. The quantitative estimate of drug-likeness (QED) is 0.694. The van der Waals surface area contributed by atoms with E-state index in [0.29, 0.717) is 13.1 Å². The van der Waals surface area contributed by atoms with Crippen LogP contribution in [0.3, 0.4) is 0 Å². The third-order valence-electron chi connectivity index (χ3n) is 4.89. The molecule has 0 fully saturated rings. The number of nitrogens with zero attached hydrogens (tertiary/aromatic N) is 6. The van der Waals surface area contributed by atoms with Gasteiger partial charge in [0.05, 0.1) is 34.5 Å². The van der Waals surface area contributed by atoms with Crippen molar-refractivity contribution in [3.05, 3.63) is 39.4 Å². The Morgan fingerprint density at radius 1 is 1.15 bits per heavy atom. The highest BCUT2D eigenvalue weighted by Crippen LogP contribution is 2.26. The van der Waals surface area contributed by atoms with E-state index in [-0.39, 0.29) is 5.91 Å². The second kappa shape index (κ2) is 6.35. The van der Waals surface area contributed by atoms with E-state index >= 15 is 0 Å². The molecule has 0 radical (unpaired) electrons. The first-order chi connectivity index (χ1) is 12.5. The minimum atomic E-state index is 0.0807. The summed E-state index contributed by atoms with van der Waals surface area (Å²) in [4.78, 5) is 24.6. The van der Waals surface area contributed by atoms with Crippen molar-refractivity contribution >= 4 is 17.2 Å². The summed E-state index contributed by atoms with van der Waals surface area (Å²) in [6.45, 7) is 7.98. The zero-order valence-corrected chi connectivity index (χ0v) is 16.3. The summed E-state index contributed by atoms with van der Waals surface area (Å²) in [6, 6.07) is 0. The number of amides is 1. The van der Waals surface area contributed by atoms with Crippen molar-refractivity contribution in [2.75, 3.05) is 13.1 Å². The molecule has 4 rings (SSSR count). The van der Waals surface area contributed by atoms with Crippen molar-refractivity contribution in [1.82, 2.24) is 29.2 Å². The van der Waals surface area contributed by atoms with Crippen LogP contribution < -0.4 is 0 Å². The molecular formula is C18H22N6OS. The van der Waals surface area contributed by atoms with Gasteiger partial charge in [0.2, 0.25) is 0 Å². The van der Waals surface area contributed by atoms with E-state index in [1.165, 1.54) is 11.3 Å². The normalized spacial score (nSPS) is 14.4. The number of aromatic nitrogens is 5. The molecule has 1 amide bonds. The smallest absolute Gasteiger partial charge is 0.265 e. The molecule has 0 N–H and O–H groups in total. The van der Waals surface area contributed by atoms with Gasteiger partial charge >= 0.3 is 0 Å². The van der Waals surface area contributed by atoms with Crippen LogP contribution in [0.5, 0.6) is 0 Å². The van der Waals surface area contributed by atoms with Crippen LogP contribution in [0.15, 0.2) is 12.4 Å². The standard InChI is InChI=1S/C18H22N6OS/c1-11-9-20-22(4)16(11)14-10-19-15-5-6-23(7-8-24(14)15)18(25)17-12(2)21-13(3)26-17/h9-10H,5-8H2,1-4H3. The molecule has 7 nitrogen and oxygen atoms in total. The number of hydrogen-bond acceptors (Lipinski definition) is 5. The van der Waals surface area contributed by atoms with Gasteiger partial charge in [-0.25, -0.2) is 9.97 Å². The number of thiazole rings is 1. The van der Waals surface area contributed by atoms with Gasteiger partial charge in [0.15, 0.2) is 0 Å². The minimum Gasteiger partial charge on any atom is -0.336 e. The lowest BCUT2D eigenvalue weighted by molar-refractivity contribution is 0.0763. The number of carbonyl (C=O) groups excluding carboxylic acids is 1. The first-order valence-corrected chi connectivity index (χ1v) is 9.54. The third-order valence-corrected chi connectivity index (χ3v) is 5.95. The molecule has 0 atom stereocenters. The average Bonchev–Trinajstić information content (AvgIpc) is 3.19. The SMILES string of the molecule is Cc1nc(C)c(C(=O)N2CCc3ncc(-c4c(C)cnn4C)n3CC2)s1. The van der Waals surface area contributed by atoms with Gasteiger partial charge in [-0.3, -0.25) is 9.48 Å². The highest BCUT2D eigenvalue weighted by molar-refractivity contribution is 7.13. The van der Waals surface area contributed by atoms with E-state index in [0.717, 1.165) is 51.3 Å². The monoisotopic (exact) mass is 370 g/mol. The summed E-state index contributed by atoms with van der Waals surface area (Å²) < 4.78 is 4.11. The van der Waals surface area contributed by atoms with Crippen LogP contribution in [0.4, 0.5) is 0 Å². The molecule has 136 valence electrons. The van der Waals surface area contributed by atoms with Crippen LogP contribution in [0.25, 0.3) is 11.4 Å². The second-order valence-corrected chi connectivity index (χ2v) is 7.90. The average molecular weight is 370 g/mol. The lowest BCUT2D eigenvalue weighted by Crippen LogP contribution is -2.33. The molecule has 0 aliphatic carbocycles. The Hall–Kier alpha value is -2.48. The topological polar surface area (TPSA) is 68.8 Å². The Balaban J connectivity index is 1.61. The molecule has 0 spiro atoms. The Kier molecular flexibility index (Phi) is 4.14. The molecule has 1 aliphatic rings. The van der Waals surface area contributed by atoms with E-state index in [1.54, 1.807) is 0 Å². The zero-order chi connectivity index (χ0) is 18.4. The van der Waals surface area contributed by atoms with Crippen molar-refractivity contribution in [3.63, 3.8) is 0 Å². The minimum absolute atomic E-state index is 0.0807. The molecule has 3 aromatic heterocycles. The van der Waals surface area contributed by atoms with Crippen LogP contribution in [-0.4, -0.2) is 48.2 Å². The van der Waals surface area contributed by atoms with Crippen molar-refractivity contribution in [1.29, 1.82) is 0 Å². The summed E-state index contributed by atoms with van der Waals surface area (Å²) in [5.41, 5.74) is 4.10. The predicted molar refractivity (Wildman–Crippen MR) is 100 cm³/mol. The van der Waals surface area contributed by atoms with Crippen LogP contribution in [-0.2, 0) is 20.0 Å². The fraction of sp³-hybridized carbons (Fsp3) is 0.444. The van der Waals surface area contributed by atoms with Gasteiger partial charge in [-0.2, -0.15) is 5.10 Å². The molecule has 8 heteroatoms. The van der Waals surface area contributed by atoms with E-state index in [1.807, 2.05) is 42.9 Å². The van der Waals surface area contributed by atoms with E-state index < -0.39 is 0 Å². The van der Waals surface area contributed by atoms with Crippen LogP contribution in [0, 0.1) is 20.8 Å². The number of aryl methyl sites for hydroxylation is 4. The predicted octanol–water partition coefficient (Wildman–Crippen LogP) is 2.36. The fourth-order valence-corrected chi connectivity index (χ4v) is 4.50. The van der Waals surface area contributed by atoms with Crippen molar-refractivity contribution in [3.8, 4) is 11.4 Å². The number of hydrogen-bond donors (Lipinski definition) is 0. The molecule has 0 unspecified atom stereocenters. The Morgan fingerprint density at radius 3 is 2.62 bits per heavy atom. The maximum atomic E-state index is 12.9. The van der Waals surface area contributed by atoms with Gasteiger partial charge in [0, 0.05) is 33.1 Å². The Bertz CT molecular complexity index is 963. The molecule has 0 saturated heterocycles. The molecule has 3 aromatic rings. The van der Waals surface area contributed by atoms with Gasteiger partial charge in [0.25, 0.3) is 5.91 Å². The summed E-state index contributed by atoms with van der Waals surface area (Å²) in [6.07, 6.45) is 4.55. The molecule has 4 heterocycles. The molecule has 1 aliphatic heterocycles. The van der Waals surface area contributed by atoms with Crippen molar-refractivity contribution < 1.29 is 4.79 Å². The number of rotatable bonds is 2. The van der Waals surface area contributed by atoms with Crippen LogP contribution in [0.1, 0.15) is 31.8 Å². The molecule has 26 heavy (non-hydrogen) atoms. The number of carbonyl (C=O) groups is 1. The Morgan fingerprint density at radius 2 is 1.96 bits per heavy atom. The summed E-state index contributed by atoms with van der Waals surface area (Å²) in [7, 11) is 1.95. The van der Waals surface area contributed by atoms with Gasteiger partial charge in [-0.1, -0.05) is 0 Å². The summed E-state index contributed by atoms with van der Waals surface area (Å²) >= 11 is 1.48. The van der Waals surface area contributed by atoms with Gasteiger partial charge < -0.3 is 9.47 Å². The Labute approximate surface area is 156 Å². The van der Waals surface area contributed by atoms with E-state index in [4.69, 9.17) is 0 Å². The second-order valence-electron chi connectivity index (χ2n) is 6.70. The first-order valence-electron chi connectivity index (χ1n) is 8.72. The lowest BCUT2D eigenvalue weighted by Gasteiger charge is -2.19. The lowest BCUT2D eigenvalue weighted by atomic mass is 10.2. The molecule has 0 saturated carbocycles. The van der Waals surface area contributed by atoms with Crippen molar-refractivity contribution in [2.24, 2.45) is 7.05 Å². The molecule has 0 aromatic carbocycles. The number of fused-ring (bicyclic) bond motifs is 1. The highest BCUT2D eigenvalue weighted by atomic mass is 32.1. The van der Waals surface area contributed by atoms with Crippen molar-refractivity contribution in [2.45, 2.75) is 33.7 Å². The first kappa shape index (κ1) is 17.0.